The van der Waals surface area contributed by atoms with Crippen LogP contribution >= 0.6 is 22.6 Å². The fourth-order valence-electron chi connectivity index (χ4n) is 3.05. The highest BCUT2D eigenvalue weighted by Crippen LogP contribution is 2.30. The van der Waals surface area contributed by atoms with E-state index in [1.54, 1.807) is 0 Å². The number of hydrogen-bond acceptors (Lipinski definition) is 4. The van der Waals surface area contributed by atoms with Gasteiger partial charge in [-0.3, -0.25) is 0 Å². The minimum atomic E-state index is -0.454. The zero-order chi connectivity index (χ0) is 16.9. The average Bonchev–Trinajstić information content (AvgIpc) is 2.53. The van der Waals surface area contributed by atoms with Crippen molar-refractivity contribution in [3.05, 3.63) is 0 Å². The summed E-state index contributed by atoms with van der Waals surface area (Å²) in [6, 6.07) is 0. The minimum Gasteiger partial charge on any atom is -0.444 e. The van der Waals surface area contributed by atoms with Gasteiger partial charge in [0.05, 0.1) is 18.8 Å². The molecular weight excluding hydrogens is 409 g/mol. The standard InChI is InChI=1S/C17H30INO4/c1-16(2,3)23-15(20)19-8-4-7-17(12-18,13-19)22-11-14-5-9-21-10-6-14/h14H,4-13H2,1-3H3. The molecule has 5 nitrogen and oxygen atoms in total. The number of amides is 1. The van der Waals surface area contributed by atoms with Crippen molar-refractivity contribution >= 4 is 28.7 Å². The summed E-state index contributed by atoms with van der Waals surface area (Å²) in [5.74, 6) is 0.584. The number of rotatable bonds is 4. The minimum absolute atomic E-state index is 0.221. The Labute approximate surface area is 153 Å². The summed E-state index contributed by atoms with van der Waals surface area (Å²) in [5, 5.41) is 0. The van der Waals surface area contributed by atoms with Gasteiger partial charge in [0.15, 0.2) is 0 Å². The maximum Gasteiger partial charge on any atom is 0.410 e. The van der Waals surface area contributed by atoms with E-state index in [1.807, 2.05) is 25.7 Å². The Balaban J connectivity index is 1.90. The third-order valence-corrected chi connectivity index (χ3v) is 5.79. The zero-order valence-corrected chi connectivity index (χ0v) is 16.8. The van der Waals surface area contributed by atoms with Gasteiger partial charge in [-0.2, -0.15) is 0 Å². The summed E-state index contributed by atoms with van der Waals surface area (Å²) in [6.07, 6.45) is 3.91. The number of nitrogens with zero attached hydrogens (tertiary/aromatic N) is 1. The van der Waals surface area contributed by atoms with Gasteiger partial charge in [0.25, 0.3) is 0 Å². The Morgan fingerprint density at radius 2 is 2.04 bits per heavy atom. The number of carbonyl (C=O) groups is 1. The van der Waals surface area contributed by atoms with Crippen molar-refractivity contribution in [2.24, 2.45) is 5.92 Å². The quantitative estimate of drug-likeness (QED) is 0.496. The average molecular weight is 439 g/mol. The first-order valence-electron chi connectivity index (χ1n) is 8.59. The van der Waals surface area contributed by atoms with E-state index in [0.29, 0.717) is 12.5 Å². The van der Waals surface area contributed by atoms with Crippen molar-refractivity contribution in [2.45, 2.75) is 57.7 Å². The van der Waals surface area contributed by atoms with Crippen LogP contribution in [0.4, 0.5) is 4.79 Å². The first-order chi connectivity index (χ1) is 10.8. The molecule has 2 aliphatic heterocycles. The normalized spacial score (nSPS) is 27.0. The lowest BCUT2D eigenvalue weighted by molar-refractivity contribution is -0.0947. The second-order valence-electron chi connectivity index (χ2n) is 7.69. The molecule has 2 heterocycles. The predicted molar refractivity (Wildman–Crippen MR) is 98.2 cm³/mol. The topological polar surface area (TPSA) is 48.0 Å². The van der Waals surface area contributed by atoms with Crippen LogP contribution in [0, 0.1) is 5.92 Å². The highest BCUT2D eigenvalue weighted by molar-refractivity contribution is 14.1. The van der Waals surface area contributed by atoms with Crippen LogP contribution in [-0.2, 0) is 14.2 Å². The molecule has 1 unspecified atom stereocenters. The Bertz CT molecular complexity index is 393. The first-order valence-corrected chi connectivity index (χ1v) is 10.1. The summed E-state index contributed by atoms with van der Waals surface area (Å²) in [7, 11) is 0. The summed E-state index contributed by atoms with van der Waals surface area (Å²) in [4.78, 5) is 14.2. The van der Waals surface area contributed by atoms with Crippen molar-refractivity contribution in [2.75, 3.05) is 37.3 Å². The highest BCUT2D eigenvalue weighted by Gasteiger charge is 2.39. The predicted octanol–water partition coefficient (Wildman–Crippen LogP) is 3.63. The molecule has 0 bridgehead atoms. The van der Waals surface area contributed by atoms with Gasteiger partial charge in [-0.1, -0.05) is 22.6 Å². The first kappa shape index (κ1) is 19.2. The summed E-state index contributed by atoms with van der Waals surface area (Å²) >= 11 is 2.39. The molecule has 0 N–H and O–H groups in total. The number of ether oxygens (including phenoxy) is 3. The van der Waals surface area contributed by atoms with Gasteiger partial charge < -0.3 is 19.1 Å². The largest absolute Gasteiger partial charge is 0.444 e. The molecule has 134 valence electrons. The van der Waals surface area contributed by atoms with Crippen LogP contribution in [0.1, 0.15) is 46.5 Å². The van der Waals surface area contributed by atoms with Crippen LogP contribution in [0.3, 0.4) is 0 Å². The van der Waals surface area contributed by atoms with Gasteiger partial charge in [-0.15, -0.1) is 0 Å². The molecule has 0 radical (unpaired) electrons. The van der Waals surface area contributed by atoms with Gasteiger partial charge >= 0.3 is 6.09 Å². The third kappa shape index (κ3) is 6.05. The molecule has 2 saturated heterocycles. The lowest BCUT2D eigenvalue weighted by Gasteiger charge is -2.42. The fraction of sp³-hybridized carbons (Fsp3) is 0.941. The SMILES string of the molecule is CC(C)(C)OC(=O)N1CCCC(CI)(OCC2CCOCC2)C1. The van der Waals surface area contributed by atoms with E-state index in [0.717, 1.165) is 56.5 Å². The van der Waals surface area contributed by atoms with Gasteiger partial charge in [0.2, 0.25) is 0 Å². The Hall–Kier alpha value is -0.0800. The van der Waals surface area contributed by atoms with Crippen LogP contribution in [0.2, 0.25) is 0 Å². The van der Waals surface area contributed by atoms with Gasteiger partial charge in [0.1, 0.15) is 5.60 Å². The third-order valence-electron chi connectivity index (χ3n) is 4.40. The molecule has 2 fully saturated rings. The van der Waals surface area contributed by atoms with Crippen LogP contribution in [0.15, 0.2) is 0 Å². The number of alkyl halides is 1. The van der Waals surface area contributed by atoms with Crippen LogP contribution < -0.4 is 0 Å². The van der Waals surface area contributed by atoms with Crippen molar-refractivity contribution in [1.82, 2.24) is 4.90 Å². The molecular formula is C17H30INO4. The molecule has 6 heteroatoms. The maximum atomic E-state index is 12.4. The number of likely N-dealkylation sites (tertiary alicyclic amines) is 1. The molecule has 0 aromatic carbocycles. The summed E-state index contributed by atoms with van der Waals surface area (Å²) in [6.45, 7) is 9.56. The number of carbonyl (C=O) groups excluding carboxylic acids is 1. The summed E-state index contributed by atoms with van der Waals surface area (Å²) < 4.78 is 18.2. The van der Waals surface area contributed by atoms with E-state index in [9.17, 15) is 4.79 Å². The molecule has 0 saturated carbocycles. The highest BCUT2D eigenvalue weighted by atomic mass is 127. The molecule has 0 aromatic rings. The van der Waals surface area contributed by atoms with Gasteiger partial charge in [0, 0.05) is 24.2 Å². The van der Waals surface area contributed by atoms with E-state index < -0.39 is 5.60 Å². The lowest BCUT2D eigenvalue weighted by Crippen LogP contribution is -2.54. The van der Waals surface area contributed by atoms with Crippen LogP contribution in [0.5, 0.6) is 0 Å². The van der Waals surface area contributed by atoms with E-state index >= 15 is 0 Å². The van der Waals surface area contributed by atoms with Crippen molar-refractivity contribution in [3.8, 4) is 0 Å². The molecule has 2 aliphatic rings. The van der Waals surface area contributed by atoms with E-state index in [-0.39, 0.29) is 11.7 Å². The van der Waals surface area contributed by atoms with Crippen molar-refractivity contribution in [1.29, 1.82) is 0 Å². The molecule has 23 heavy (non-hydrogen) atoms. The maximum absolute atomic E-state index is 12.4. The second kappa shape index (κ2) is 8.34. The molecule has 0 aromatic heterocycles. The number of piperidine rings is 1. The number of hydrogen-bond donors (Lipinski definition) is 0. The second-order valence-corrected chi connectivity index (χ2v) is 8.45. The molecule has 0 spiro atoms. The smallest absolute Gasteiger partial charge is 0.410 e. The number of halogens is 1. The molecule has 2 rings (SSSR count). The van der Waals surface area contributed by atoms with E-state index in [2.05, 4.69) is 22.6 Å². The van der Waals surface area contributed by atoms with Crippen molar-refractivity contribution < 1.29 is 19.0 Å². The van der Waals surface area contributed by atoms with Crippen LogP contribution in [0.25, 0.3) is 0 Å². The molecule has 0 aliphatic carbocycles. The lowest BCUT2D eigenvalue weighted by atomic mass is 9.94. The van der Waals surface area contributed by atoms with Gasteiger partial charge in [-0.25, -0.2) is 4.79 Å². The van der Waals surface area contributed by atoms with Crippen molar-refractivity contribution in [3.63, 3.8) is 0 Å². The monoisotopic (exact) mass is 439 g/mol. The van der Waals surface area contributed by atoms with Gasteiger partial charge in [-0.05, 0) is 52.4 Å². The molecule has 1 amide bonds. The van der Waals surface area contributed by atoms with Crippen LogP contribution in [-0.4, -0.2) is 59.5 Å². The van der Waals surface area contributed by atoms with E-state index in [1.165, 1.54) is 0 Å². The Kier molecular flexibility index (Phi) is 6.98. The Morgan fingerprint density at radius 1 is 1.35 bits per heavy atom. The zero-order valence-electron chi connectivity index (χ0n) is 14.6. The fourth-order valence-corrected chi connectivity index (χ4v) is 3.90. The summed E-state index contributed by atoms with van der Waals surface area (Å²) in [5.41, 5.74) is -0.682. The van der Waals surface area contributed by atoms with E-state index in [4.69, 9.17) is 14.2 Å². The Morgan fingerprint density at radius 3 is 2.65 bits per heavy atom. The molecule has 1 atom stereocenters.